The van der Waals surface area contributed by atoms with Gasteiger partial charge in [-0.25, -0.2) is 12.8 Å². The molecule has 1 aliphatic rings. The maximum atomic E-state index is 13.2. The number of anilines is 1. The molecule has 0 saturated carbocycles. The predicted molar refractivity (Wildman–Crippen MR) is 133 cm³/mol. The first-order valence-electron chi connectivity index (χ1n) is 11.4. The molecule has 0 bridgehead atoms. The molecule has 5 nitrogen and oxygen atoms in total. The Morgan fingerprint density at radius 2 is 1.71 bits per heavy atom. The second-order valence-electron chi connectivity index (χ2n) is 8.84. The molecule has 1 atom stereocenters. The SMILES string of the molecule is CN(C)c1ccc(-c2cccc(CCC(=O)[C@@H]3CCCN3S(=O)(=O)c3ccc(F)cc3)c2)cc1. The summed E-state index contributed by atoms with van der Waals surface area (Å²) in [6, 6.07) is 20.5. The van der Waals surface area contributed by atoms with Crippen LogP contribution < -0.4 is 4.90 Å². The molecule has 34 heavy (non-hydrogen) atoms. The summed E-state index contributed by atoms with van der Waals surface area (Å²) < 4.78 is 40.6. The Morgan fingerprint density at radius 1 is 1.00 bits per heavy atom. The van der Waals surface area contributed by atoms with E-state index in [0.29, 0.717) is 25.8 Å². The highest BCUT2D eigenvalue weighted by Crippen LogP contribution is 2.28. The highest BCUT2D eigenvalue weighted by atomic mass is 32.2. The van der Waals surface area contributed by atoms with Crippen molar-refractivity contribution in [2.24, 2.45) is 0 Å². The largest absolute Gasteiger partial charge is 0.378 e. The average Bonchev–Trinajstić information content (AvgIpc) is 3.34. The van der Waals surface area contributed by atoms with Crippen molar-refractivity contribution in [2.75, 3.05) is 25.5 Å². The molecule has 0 unspecified atom stereocenters. The van der Waals surface area contributed by atoms with Crippen LogP contribution in [0.4, 0.5) is 10.1 Å². The summed E-state index contributed by atoms with van der Waals surface area (Å²) in [5.74, 6) is -0.576. The third-order valence-corrected chi connectivity index (χ3v) is 8.22. The molecule has 0 amide bonds. The molecular weight excluding hydrogens is 451 g/mol. The van der Waals surface area contributed by atoms with Crippen molar-refractivity contribution in [1.82, 2.24) is 4.31 Å². The van der Waals surface area contributed by atoms with E-state index in [1.807, 2.05) is 32.3 Å². The summed E-state index contributed by atoms with van der Waals surface area (Å²) in [6.07, 6.45) is 1.96. The lowest BCUT2D eigenvalue weighted by atomic mass is 9.98. The van der Waals surface area contributed by atoms with Crippen LogP contribution in [0.25, 0.3) is 11.1 Å². The van der Waals surface area contributed by atoms with Crippen LogP contribution in [-0.2, 0) is 21.2 Å². The van der Waals surface area contributed by atoms with E-state index in [1.54, 1.807) is 0 Å². The number of nitrogens with zero attached hydrogens (tertiary/aromatic N) is 2. The lowest BCUT2D eigenvalue weighted by Gasteiger charge is -2.23. The Bertz CT molecular complexity index is 1260. The summed E-state index contributed by atoms with van der Waals surface area (Å²) in [5.41, 5.74) is 4.35. The smallest absolute Gasteiger partial charge is 0.243 e. The van der Waals surface area contributed by atoms with E-state index in [2.05, 4.69) is 35.2 Å². The minimum absolute atomic E-state index is 0.0154. The van der Waals surface area contributed by atoms with Crippen LogP contribution in [0.5, 0.6) is 0 Å². The van der Waals surface area contributed by atoms with Crippen LogP contribution in [0.1, 0.15) is 24.8 Å². The Morgan fingerprint density at radius 3 is 2.38 bits per heavy atom. The van der Waals surface area contributed by atoms with Gasteiger partial charge in [-0.05, 0) is 72.4 Å². The molecule has 1 aliphatic heterocycles. The van der Waals surface area contributed by atoms with Crippen molar-refractivity contribution in [3.8, 4) is 11.1 Å². The second kappa shape index (κ2) is 10.1. The molecule has 3 aromatic rings. The molecule has 7 heteroatoms. The van der Waals surface area contributed by atoms with Gasteiger partial charge in [-0.2, -0.15) is 4.31 Å². The highest BCUT2D eigenvalue weighted by molar-refractivity contribution is 7.89. The standard InChI is InChI=1S/C27H29FN2O3S/c1-29(2)24-13-9-21(10-14-24)22-6-3-5-20(19-22)8-17-27(31)26-7-4-18-30(26)34(32,33)25-15-11-23(28)12-16-25/h3,5-6,9-16,19,26H,4,7-8,17-18H2,1-2H3/t26-/m0/s1. The summed E-state index contributed by atoms with van der Waals surface area (Å²) in [6.45, 7) is 0.300. The van der Waals surface area contributed by atoms with Crippen molar-refractivity contribution < 1.29 is 17.6 Å². The number of aryl methyl sites for hydroxylation is 1. The first-order valence-corrected chi connectivity index (χ1v) is 12.9. The lowest BCUT2D eigenvalue weighted by molar-refractivity contribution is -0.122. The van der Waals surface area contributed by atoms with Gasteiger partial charge >= 0.3 is 0 Å². The van der Waals surface area contributed by atoms with E-state index in [0.717, 1.165) is 34.5 Å². The third-order valence-electron chi connectivity index (χ3n) is 6.30. The first-order chi connectivity index (χ1) is 16.3. The minimum atomic E-state index is -3.84. The second-order valence-corrected chi connectivity index (χ2v) is 10.7. The molecule has 0 aromatic heterocycles. The van der Waals surface area contributed by atoms with E-state index >= 15 is 0 Å². The Balaban J connectivity index is 1.44. The summed E-state index contributed by atoms with van der Waals surface area (Å²) >= 11 is 0. The van der Waals surface area contributed by atoms with Gasteiger partial charge in [-0.1, -0.05) is 36.4 Å². The van der Waals surface area contributed by atoms with Gasteiger partial charge in [0.2, 0.25) is 10.0 Å². The van der Waals surface area contributed by atoms with Crippen LogP contribution in [0, 0.1) is 5.82 Å². The minimum Gasteiger partial charge on any atom is -0.378 e. The van der Waals surface area contributed by atoms with Crippen LogP contribution in [0.3, 0.4) is 0 Å². The van der Waals surface area contributed by atoms with E-state index in [4.69, 9.17) is 0 Å². The van der Waals surface area contributed by atoms with Gasteiger partial charge in [0.05, 0.1) is 10.9 Å². The van der Waals surface area contributed by atoms with Crippen LogP contribution in [0.2, 0.25) is 0 Å². The van der Waals surface area contributed by atoms with Crippen molar-refractivity contribution in [3.05, 3.63) is 84.2 Å². The number of hydrogen-bond acceptors (Lipinski definition) is 4. The number of rotatable bonds is 8. The zero-order chi connectivity index (χ0) is 24.3. The maximum absolute atomic E-state index is 13.2. The van der Waals surface area contributed by atoms with Crippen molar-refractivity contribution in [3.63, 3.8) is 0 Å². The Hall–Kier alpha value is -3.03. The Kier molecular flexibility index (Phi) is 7.14. The van der Waals surface area contributed by atoms with Crippen LogP contribution in [-0.4, -0.2) is 45.2 Å². The Labute approximate surface area is 200 Å². The van der Waals surface area contributed by atoms with Crippen LogP contribution in [0.15, 0.2) is 77.7 Å². The molecule has 0 aliphatic carbocycles. The quantitative estimate of drug-likeness (QED) is 0.460. The predicted octanol–water partition coefficient (Wildman–Crippen LogP) is 4.91. The molecular formula is C27H29FN2O3S. The van der Waals surface area contributed by atoms with E-state index < -0.39 is 21.9 Å². The number of hydrogen-bond donors (Lipinski definition) is 0. The molecule has 0 spiro atoms. The van der Waals surface area contributed by atoms with Gasteiger partial charge in [-0.3, -0.25) is 4.79 Å². The maximum Gasteiger partial charge on any atom is 0.243 e. The molecule has 1 fully saturated rings. The molecule has 0 radical (unpaired) electrons. The number of carbonyl (C=O) groups excluding carboxylic acids is 1. The molecule has 1 heterocycles. The number of Topliss-reactive ketones (excluding diaryl/α,β-unsaturated/α-hetero) is 1. The molecule has 1 saturated heterocycles. The van der Waals surface area contributed by atoms with Gasteiger partial charge in [0.1, 0.15) is 5.82 Å². The van der Waals surface area contributed by atoms with Gasteiger partial charge in [0.25, 0.3) is 0 Å². The zero-order valence-electron chi connectivity index (χ0n) is 19.4. The summed E-state index contributed by atoms with van der Waals surface area (Å²) in [4.78, 5) is 15.1. The normalized spacial score (nSPS) is 16.5. The van der Waals surface area contributed by atoms with Gasteiger partial charge in [-0.15, -0.1) is 0 Å². The van der Waals surface area contributed by atoms with E-state index in [1.165, 1.54) is 16.4 Å². The first kappa shape index (κ1) is 24.1. The molecule has 0 N–H and O–H groups in total. The van der Waals surface area contributed by atoms with E-state index in [9.17, 15) is 17.6 Å². The number of sulfonamides is 1. The fourth-order valence-corrected chi connectivity index (χ4v) is 6.06. The molecule has 3 aromatic carbocycles. The van der Waals surface area contributed by atoms with Crippen LogP contribution >= 0.6 is 0 Å². The average molecular weight is 481 g/mol. The summed E-state index contributed by atoms with van der Waals surface area (Å²) in [5, 5.41) is 0. The van der Waals surface area contributed by atoms with Gasteiger partial charge in [0.15, 0.2) is 5.78 Å². The highest BCUT2D eigenvalue weighted by Gasteiger charge is 2.38. The number of ketones is 1. The lowest BCUT2D eigenvalue weighted by Crippen LogP contribution is -2.40. The van der Waals surface area contributed by atoms with Gasteiger partial charge < -0.3 is 4.90 Å². The number of halogens is 1. The number of carbonyl (C=O) groups is 1. The van der Waals surface area contributed by atoms with Crippen molar-refractivity contribution in [1.29, 1.82) is 0 Å². The topological polar surface area (TPSA) is 57.7 Å². The fraction of sp³-hybridized carbons (Fsp3) is 0.296. The fourth-order valence-electron chi connectivity index (χ4n) is 4.38. The van der Waals surface area contributed by atoms with Crippen molar-refractivity contribution >= 4 is 21.5 Å². The third kappa shape index (κ3) is 5.21. The number of benzene rings is 3. The summed E-state index contributed by atoms with van der Waals surface area (Å²) in [7, 11) is 0.163. The monoisotopic (exact) mass is 480 g/mol. The molecule has 178 valence electrons. The van der Waals surface area contributed by atoms with E-state index in [-0.39, 0.29) is 17.1 Å². The molecule has 4 rings (SSSR count). The van der Waals surface area contributed by atoms with Gasteiger partial charge in [0, 0.05) is 32.7 Å². The zero-order valence-corrected chi connectivity index (χ0v) is 20.3. The van der Waals surface area contributed by atoms with Crippen molar-refractivity contribution in [2.45, 2.75) is 36.6 Å².